The summed E-state index contributed by atoms with van der Waals surface area (Å²) in [6.45, 7) is 8.96. The molecule has 0 aromatic heterocycles. The van der Waals surface area contributed by atoms with Gasteiger partial charge in [0, 0.05) is 0 Å². The maximum atomic E-state index is 12.1. The zero-order valence-electron chi connectivity index (χ0n) is 14.4. The Balaban J connectivity index is 1.89. The minimum Gasteiger partial charge on any atom is -0.492 e. The van der Waals surface area contributed by atoms with Gasteiger partial charge >= 0.3 is 6.03 Å². The molecule has 1 N–H and O–H groups in total. The van der Waals surface area contributed by atoms with Gasteiger partial charge in [-0.05, 0) is 42.5 Å². The van der Waals surface area contributed by atoms with Gasteiger partial charge in [-0.25, -0.2) is 4.79 Å². The Morgan fingerprint density at radius 1 is 1.30 bits per heavy atom. The molecule has 1 atom stereocenters. The van der Waals surface area contributed by atoms with Crippen molar-refractivity contribution in [1.82, 2.24) is 10.2 Å². The Morgan fingerprint density at radius 2 is 2.04 bits per heavy atom. The normalized spacial score (nSPS) is 17.8. The molecule has 126 valence electrons. The van der Waals surface area contributed by atoms with Crippen molar-refractivity contribution in [2.75, 3.05) is 13.2 Å². The number of ether oxygens (including phenoxy) is 1. The van der Waals surface area contributed by atoms with E-state index in [1.54, 1.807) is 0 Å². The number of urea groups is 1. The average Bonchev–Trinajstić information content (AvgIpc) is 2.75. The molecule has 5 nitrogen and oxygen atoms in total. The van der Waals surface area contributed by atoms with Gasteiger partial charge in [-0.15, -0.1) is 0 Å². The average molecular weight is 318 g/mol. The molecule has 0 spiro atoms. The maximum Gasteiger partial charge on any atom is 0.324 e. The largest absolute Gasteiger partial charge is 0.492 e. The molecule has 5 heteroatoms. The van der Waals surface area contributed by atoms with Crippen LogP contribution in [0, 0.1) is 6.92 Å². The fraction of sp³-hybridized carbons (Fsp3) is 0.556. The third-order valence-corrected chi connectivity index (χ3v) is 4.13. The summed E-state index contributed by atoms with van der Waals surface area (Å²) in [6, 6.07) is 5.32. The predicted molar refractivity (Wildman–Crippen MR) is 89.7 cm³/mol. The van der Waals surface area contributed by atoms with Crippen LogP contribution in [0.2, 0.25) is 0 Å². The molecule has 1 heterocycles. The summed E-state index contributed by atoms with van der Waals surface area (Å²) >= 11 is 0. The van der Waals surface area contributed by atoms with Crippen LogP contribution >= 0.6 is 0 Å². The van der Waals surface area contributed by atoms with Crippen molar-refractivity contribution in [3.63, 3.8) is 0 Å². The number of benzene rings is 1. The van der Waals surface area contributed by atoms with E-state index in [4.69, 9.17) is 4.74 Å². The third kappa shape index (κ3) is 4.03. The highest BCUT2D eigenvalue weighted by molar-refractivity contribution is 6.04. The number of rotatable bonds is 7. The summed E-state index contributed by atoms with van der Waals surface area (Å²) in [7, 11) is 0. The molecule has 1 aliphatic heterocycles. The minimum absolute atomic E-state index is 0.146. The number of amides is 3. The van der Waals surface area contributed by atoms with Gasteiger partial charge in [0.05, 0.1) is 6.54 Å². The van der Waals surface area contributed by atoms with Gasteiger partial charge in [-0.2, -0.15) is 0 Å². The first-order valence-corrected chi connectivity index (χ1v) is 8.29. The van der Waals surface area contributed by atoms with Crippen molar-refractivity contribution in [3.05, 3.63) is 29.3 Å². The number of nitrogens with zero attached hydrogens (tertiary/aromatic N) is 1. The van der Waals surface area contributed by atoms with Gasteiger partial charge in [-0.1, -0.05) is 33.3 Å². The summed E-state index contributed by atoms with van der Waals surface area (Å²) < 4.78 is 5.70. The molecule has 23 heavy (non-hydrogen) atoms. The number of carbonyl (C=O) groups is 2. The quantitative estimate of drug-likeness (QED) is 0.785. The fourth-order valence-electron chi connectivity index (χ4n) is 2.91. The first-order valence-electron chi connectivity index (χ1n) is 8.29. The van der Waals surface area contributed by atoms with Gasteiger partial charge in [-0.3, -0.25) is 9.69 Å². The number of hydrogen-bond donors (Lipinski definition) is 1. The van der Waals surface area contributed by atoms with Crippen molar-refractivity contribution < 1.29 is 14.3 Å². The van der Waals surface area contributed by atoms with Gasteiger partial charge in [0.15, 0.2) is 0 Å². The van der Waals surface area contributed by atoms with Crippen LogP contribution in [0.4, 0.5) is 4.79 Å². The highest BCUT2D eigenvalue weighted by Gasteiger charge is 2.36. The van der Waals surface area contributed by atoms with Crippen LogP contribution in [0.25, 0.3) is 0 Å². The molecule has 3 amide bonds. The van der Waals surface area contributed by atoms with Gasteiger partial charge in [0.25, 0.3) is 5.91 Å². The zero-order chi connectivity index (χ0) is 17.0. The molecule has 1 aromatic rings. The molecule has 1 fully saturated rings. The number of carbonyl (C=O) groups excluding carboxylic acids is 2. The van der Waals surface area contributed by atoms with Crippen molar-refractivity contribution >= 4 is 11.9 Å². The van der Waals surface area contributed by atoms with Crippen LogP contribution in [-0.2, 0) is 4.79 Å². The molecule has 0 radical (unpaired) electrons. The van der Waals surface area contributed by atoms with Gasteiger partial charge in [0.2, 0.25) is 0 Å². The Labute approximate surface area is 138 Å². The van der Waals surface area contributed by atoms with Crippen molar-refractivity contribution in [2.45, 2.75) is 52.5 Å². The van der Waals surface area contributed by atoms with Crippen LogP contribution in [0.1, 0.15) is 50.7 Å². The standard InChI is InChI=1S/C18H26N2O3/c1-5-6-16-17(21)20(18(22)19-16)9-10-23-14-7-8-15(12(2)3)13(4)11-14/h7-8,11-12,16H,5-6,9-10H2,1-4H3,(H,19,22). The van der Waals surface area contributed by atoms with Crippen LogP contribution in [0.3, 0.4) is 0 Å². The van der Waals surface area contributed by atoms with E-state index in [1.807, 2.05) is 19.1 Å². The van der Waals surface area contributed by atoms with Gasteiger partial charge in [0.1, 0.15) is 18.4 Å². The van der Waals surface area contributed by atoms with Crippen LogP contribution in [0.15, 0.2) is 18.2 Å². The van der Waals surface area contributed by atoms with E-state index < -0.39 is 0 Å². The second kappa shape index (κ2) is 7.49. The van der Waals surface area contributed by atoms with Crippen LogP contribution in [0.5, 0.6) is 5.75 Å². The number of aryl methyl sites for hydroxylation is 1. The second-order valence-electron chi connectivity index (χ2n) is 6.30. The molecule has 0 saturated carbocycles. The molecule has 2 rings (SSSR count). The summed E-state index contributed by atoms with van der Waals surface area (Å²) in [5.74, 6) is 1.10. The molecule has 1 aliphatic rings. The molecule has 0 bridgehead atoms. The Hall–Kier alpha value is -2.04. The summed E-state index contributed by atoms with van der Waals surface area (Å²) in [5.41, 5.74) is 2.49. The van der Waals surface area contributed by atoms with E-state index >= 15 is 0 Å². The van der Waals surface area contributed by atoms with E-state index in [1.165, 1.54) is 16.0 Å². The highest BCUT2D eigenvalue weighted by atomic mass is 16.5. The lowest BCUT2D eigenvalue weighted by Gasteiger charge is -2.15. The molecule has 1 saturated heterocycles. The smallest absolute Gasteiger partial charge is 0.324 e. The van der Waals surface area contributed by atoms with Crippen molar-refractivity contribution in [3.8, 4) is 5.75 Å². The summed E-state index contributed by atoms with van der Waals surface area (Å²) in [4.78, 5) is 25.2. The van der Waals surface area contributed by atoms with Crippen molar-refractivity contribution in [1.29, 1.82) is 0 Å². The third-order valence-electron chi connectivity index (χ3n) is 4.13. The molecular weight excluding hydrogens is 292 g/mol. The zero-order valence-corrected chi connectivity index (χ0v) is 14.4. The monoisotopic (exact) mass is 318 g/mol. The lowest BCUT2D eigenvalue weighted by Crippen LogP contribution is -2.35. The Bertz CT molecular complexity index is 584. The Kier molecular flexibility index (Phi) is 5.64. The molecule has 1 aromatic carbocycles. The predicted octanol–water partition coefficient (Wildman–Crippen LogP) is 3.22. The number of hydrogen-bond acceptors (Lipinski definition) is 3. The topological polar surface area (TPSA) is 58.6 Å². The summed E-state index contributed by atoms with van der Waals surface area (Å²) in [5, 5.41) is 2.71. The molecule has 1 unspecified atom stereocenters. The van der Waals surface area contributed by atoms with Gasteiger partial charge < -0.3 is 10.1 Å². The fourth-order valence-corrected chi connectivity index (χ4v) is 2.91. The maximum absolute atomic E-state index is 12.1. The number of imide groups is 1. The van der Waals surface area contributed by atoms with E-state index in [0.29, 0.717) is 18.9 Å². The second-order valence-corrected chi connectivity index (χ2v) is 6.30. The van der Waals surface area contributed by atoms with Crippen molar-refractivity contribution in [2.24, 2.45) is 0 Å². The van der Waals surface area contributed by atoms with E-state index in [0.717, 1.165) is 12.2 Å². The highest BCUT2D eigenvalue weighted by Crippen LogP contribution is 2.23. The molecule has 0 aliphatic carbocycles. The lowest BCUT2D eigenvalue weighted by atomic mass is 9.98. The first-order chi connectivity index (χ1) is 10.9. The van der Waals surface area contributed by atoms with E-state index in [2.05, 4.69) is 32.2 Å². The first kappa shape index (κ1) is 17.3. The van der Waals surface area contributed by atoms with Crippen LogP contribution in [-0.4, -0.2) is 36.0 Å². The Morgan fingerprint density at radius 3 is 2.65 bits per heavy atom. The number of nitrogens with one attached hydrogen (secondary N) is 1. The lowest BCUT2D eigenvalue weighted by molar-refractivity contribution is -0.127. The SMILES string of the molecule is CCCC1NC(=O)N(CCOc2ccc(C(C)C)c(C)c2)C1=O. The van der Waals surface area contributed by atoms with E-state index in [-0.39, 0.29) is 24.5 Å². The summed E-state index contributed by atoms with van der Waals surface area (Å²) in [6.07, 6.45) is 1.54. The van der Waals surface area contributed by atoms with Crippen LogP contribution < -0.4 is 10.1 Å². The van der Waals surface area contributed by atoms with E-state index in [9.17, 15) is 9.59 Å². The molecular formula is C18H26N2O3. The minimum atomic E-state index is -0.375.